The highest BCUT2D eigenvalue weighted by Crippen LogP contribution is 2.33. The van der Waals surface area contributed by atoms with Crippen molar-refractivity contribution < 1.29 is 23.2 Å². The number of halogens is 2. The fraction of sp³-hybridized carbons (Fsp3) is 0.250. The average molecular weight is 400 g/mol. The van der Waals surface area contributed by atoms with Gasteiger partial charge in [-0.1, -0.05) is 12.1 Å². The predicted octanol–water partition coefficient (Wildman–Crippen LogP) is 1.72. The molecule has 4 amide bonds. The molecule has 2 aliphatic rings. The number of carbonyl (C=O) groups is 3. The minimum atomic E-state index is -1.56. The molecule has 150 valence electrons. The van der Waals surface area contributed by atoms with E-state index in [-0.39, 0.29) is 18.7 Å². The van der Waals surface area contributed by atoms with Gasteiger partial charge in [-0.3, -0.25) is 14.9 Å². The Balaban J connectivity index is 1.70. The maximum atomic E-state index is 14.3. The van der Waals surface area contributed by atoms with Crippen LogP contribution < -0.4 is 15.5 Å². The molecule has 7 nitrogen and oxygen atoms in total. The number of hydrogen-bond acceptors (Lipinski definition) is 4. The number of anilines is 1. The van der Waals surface area contributed by atoms with E-state index in [1.165, 1.54) is 35.2 Å². The van der Waals surface area contributed by atoms with E-state index in [9.17, 15) is 23.2 Å². The van der Waals surface area contributed by atoms with E-state index >= 15 is 0 Å². The lowest BCUT2D eigenvalue weighted by Gasteiger charge is -2.31. The standard InChI is InChI=1S/C20H18F2N4O3/c1-25(2)16-7-11-9-26(17(27)14(11)8-15(16)22)10-20(18(28)23-19(29)24-20)12-3-5-13(21)6-4-12/h3-8H,9-10H2,1-2H3,(H2,23,24,28,29). The summed E-state index contributed by atoms with van der Waals surface area (Å²) in [5, 5.41) is 4.75. The monoisotopic (exact) mass is 400 g/mol. The average Bonchev–Trinajstić information content (AvgIpc) is 3.11. The van der Waals surface area contributed by atoms with Gasteiger partial charge < -0.3 is 15.1 Å². The van der Waals surface area contributed by atoms with Gasteiger partial charge in [0, 0.05) is 26.2 Å². The van der Waals surface area contributed by atoms with Crippen molar-refractivity contribution >= 4 is 23.5 Å². The zero-order valence-corrected chi connectivity index (χ0v) is 15.8. The van der Waals surface area contributed by atoms with Gasteiger partial charge in [-0.15, -0.1) is 0 Å². The van der Waals surface area contributed by atoms with Gasteiger partial charge in [-0.2, -0.15) is 0 Å². The Kier molecular flexibility index (Phi) is 4.25. The minimum Gasteiger partial charge on any atom is -0.375 e. The molecule has 4 rings (SSSR count). The molecule has 2 N–H and O–H groups in total. The van der Waals surface area contributed by atoms with Crippen molar-refractivity contribution in [2.24, 2.45) is 0 Å². The highest BCUT2D eigenvalue weighted by atomic mass is 19.1. The smallest absolute Gasteiger partial charge is 0.322 e. The Morgan fingerprint density at radius 2 is 1.79 bits per heavy atom. The molecule has 1 fully saturated rings. The second kappa shape index (κ2) is 6.54. The van der Waals surface area contributed by atoms with E-state index in [2.05, 4.69) is 10.6 Å². The number of hydrogen-bond donors (Lipinski definition) is 2. The van der Waals surface area contributed by atoms with Crippen molar-refractivity contribution in [3.05, 3.63) is 64.7 Å². The maximum absolute atomic E-state index is 14.3. The summed E-state index contributed by atoms with van der Waals surface area (Å²) in [6, 6.07) is 7.20. The zero-order valence-electron chi connectivity index (χ0n) is 15.8. The van der Waals surface area contributed by atoms with Crippen molar-refractivity contribution in [3.8, 4) is 0 Å². The van der Waals surface area contributed by atoms with E-state index in [1.54, 1.807) is 25.1 Å². The van der Waals surface area contributed by atoms with E-state index < -0.39 is 35.0 Å². The molecule has 0 spiro atoms. The molecule has 1 unspecified atom stereocenters. The van der Waals surface area contributed by atoms with E-state index in [1.807, 2.05) is 0 Å². The number of nitrogens with zero attached hydrogens (tertiary/aromatic N) is 2. The van der Waals surface area contributed by atoms with Crippen LogP contribution in [0.1, 0.15) is 21.5 Å². The molecule has 29 heavy (non-hydrogen) atoms. The maximum Gasteiger partial charge on any atom is 0.322 e. The van der Waals surface area contributed by atoms with Crippen molar-refractivity contribution in [2.75, 3.05) is 25.5 Å². The molecule has 2 aromatic rings. The molecule has 2 heterocycles. The second-order valence-corrected chi connectivity index (χ2v) is 7.34. The third-order valence-electron chi connectivity index (χ3n) is 5.24. The summed E-state index contributed by atoms with van der Waals surface area (Å²) in [5.41, 5.74) is -0.0401. The molecule has 2 aliphatic heterocycles. The van der Waals surface area contributed by atoms with Gasteiger partial charge in [0.2, 0.25) is 0 Å². The van der Waals surface area contributed by atoms with E-state index in [4.69, 9.17) is 0 Å². The van der Waals surface area contributed by atoms with Crippen LogP contribution in [0.2, 0.25) is 0 Å². The number of nitrogens with one attached hydrogen (secondary N) is 2. The molecule has 0 radical (unpaired) electrons. The number of imide groups is 1. The largest absolute Gasteiger partial charge is 0.375 e. The van der Waals surface area contributed by atoms with Gasteiger partial charge in [0.1, 0.15) is 11.6 Å². The highest BCUT2D eigenvalue weighted by Gasteiger charge is 2.50. The molecule has 9 heteroatoms. The molecule has 0 aliphatic carbocycles. The lowest BCUT2D eigenvalue weighted by atomic mass is 9.89. The van der Waals surface area contributed by atoms with Gasteiger partial charge in [0.05, 0.1) is 12.2 Å². The first-order valence-electron chi connectivity index (χ1n) is 8.90. The van der Waals surface area contributed by atoms with E-state index in [0.29, 0.717) is 16.8 Å². The SMILES string of the molecule is CN(C)c1cc2c(cc1F)C(=O)N(CC1(c3ccc(F)cc3)NC(=O)NC1=O)C2. The van der Waals surface area contributed by atoms with Crippen LogP contribution in [0.25, 0.3) is 0 Å². The zero-order chi connectivity index (χ0) is 20.9. The summed E-state index contributed by atoms with van der Waals surface area (Å²) < 4.78 is 27.7. The first-order chi connectivity index (χ1) is 13.7. The second-order valence-electron chi connectivity index (χ2n) is 7.34. The van der Waals surface area contributed by atoms with Crippen LogP contribution in [-0.4, -0.2) is 43.4 Å². The number of fused-ring (bicyclic) bond motifs is 1. The lowest BCUT2D eigenvalue weighted by molar-refractivity contribution is -0.124. The van der Waals surface area contributed by atoms with Crippen molar-refractivity contribution in [1.82, 2.24) is 15.5 Å². The fourth-order valence-corrected chi connectivity index (χ4v) is 3.77. The van der Waals surface area contributed by atoms with Crippen molar-refractivity contribution in [2.45, 2.75) is 12.1 Å². The third-order valence-corrected chi connectivity index (χ3v) is 5.24. The Labute approximate surface area is 165 Å². The van der Waals surface area contributed by atoms with Gasteiger partial charge in [0.25, 0.3) is 11.8 Å². The van der Waals surface area contributed by atoms with Gasteiger partial charge in [-0.25, -0.2) is 13.6 Å². The summed E-state index contributed by atoms with van der Waals surface area (Å²) in [6.07, 6.45) is 0. The third kappa shape index (κ3) is 2.98. The molecular formula is C20H18F2N4O3. The van der Waals surface area contributed by atoms with Gasteiger partial charge in [-0.05, 0) is 35.4 Å². The summed E-state index contributed by atoms with van der Waals surface area (Å²) in [6.45, 7) is -0.0238. The molecule has 1 saturated heterocycles. The van der Waals surface area contributed by atoms with Crippen LogP contribution in [0.3, 0.4) is 0 Å². The van der Waals surface area contributed by atoms with Gasteiger partial charge in [0.15, 0.2) is 5.54 Å². The normalized spacial score (nSPS) is 20.6. The first kappa shape index (κ1) is 18.9. The summed E-state index contributed by atoms with van der Waals surface area (Å²) in [5.74, 6) is -2.10. The van der Waals surface area contributed by atoms with E-state index in [0.717, 1.165) is 0 Å². The quantitative estimate of drug-likeness (QED) is 0.766. The number of carbonyl (C=O) groups excluding carboxylic acids is 3. The molecule has 0 bridgehead atoms. The van der Waals surface area contributed by atoms with Crippen molar-refractivity contribution in [1.29, 1.82) is 0 Å². The van der Waals surface area contributed by atoms with Gasteiger partial charge >= 0.3 is 6.03 Å². The Morgan fingerprint density at radius 3 is 2.38 bits per heavy atom. The Hall–Kier alpha value is -3.49. The van der Waals surface area contributed by atoms with Crippen LogP contribution in [-0.2, 0) is 16.9 Å². The highest BCUT2D eigenvalue weighted by molar-refractivity contribution is 6.08. The van der Waals surface area contributed by atoms with Crippen LogP contribution >= 0.6 is 0 Å². The fourth-order valence-electron chi connectivity index (χ4n) is 3.77. The molecular weight excluding hydrogens is 382 g/mol. The number of rotatable bonds is 4. The molecule has 2 aromatic carbocycles. The van der Waals surface area contributed by atoms with Crippen LogP contribution in [0.4, 0.5) is 19.3 Å². The number of benzene rings is 2. The number of urea groups is 1. The summed E-state index contributed by atoms with van der Waals surface area (Å²) in [7, 11) is 3.39. The van der Waals surface area contributed by atoms with Crippen LogP contribution in [0.5, 0.6) is 0 Å². The Morgan fingerprint density at radius 1 is 1.10 bits per heavy atom. The summed E-state index contributed by atoms with van der Waals surface area (Å²) >= 11 is 0. The van der Waals surface area contributed by atoms with Crippen LogP contribution in [0.15, 0.2) is 36.4 Å². The van der Waals surface area contributed by atoms with Crippen LogP contribution in [0, 0.1) is 11.6 Å². The molecule has 0 aromatic heterocycles. The Bertz CT molecular complexity index is 1040. The predicted molar refractivity (Wildman–Crippen MR) is 100 cm³/mol. The topological polar surface area (TPSA) is 81.8 Å². The van der Waals surface area contributed by atoms with Crippen molar-refractivity contribution in [3.63, 3.8) is 0 Å². The first-order valence-corrected chi connectivity index (χ1v) is 8.90. The molecule has 0 saturated carbocycles. The minimum absolute atomic E-state index is 0.154. The lowest BCUT2D eigenvalue weighted by Crippen LogP contribution is -2.52. The number of amides is 4. The summed E-state index contributed by atoms with van der Waals surface area (Å²) in [4.78, 5) is 40.4. The molecule has 1 atom stereocenters.